The molecule has 1 atom stereocenters. The molecule has 1 N–H and O–H groups in total. The van der Waals surface area contributed by atoms with Crippen molar-refractivity contribution < 1.29 is 9.90 Å². The minimum absolute atomic E-state index is 0.110. The number of carbonyl (C=O) groups is 1. The van der Waals surface area contributed by atoms with Crippen molar-refractivity contribution in [3.8, 4) is 0 Å². The highest BCUT2D eigenvalue weighted by atomic mass is 16.4. The molecule has 0 saturated heterocycles. The molecule has 0 saturated carbocycles. The third kappa shape index (κ3) is 1.35. The molecule has 2 rings (SSSR count). The monoisotopic (exact) mass is 203 g/mol. The Bertz CT molecular complexity index is 451. The van der Waals surface area contributed by atoms with Crippen molar-refractivity contribution in [2.24, 2.45) is 4.99 Å². The third-order valence-corrected chi connectivity index (χ3v) is 3.09. The van der Waals surface area contributed by atoms with Crippen LogP contribution in [0.5, 0.6) is 0 Å². The average Bonchev–Trinajstić information content (AvgIpc) is 2.57. The molecule has 1 aromatic rings. The first kappa shape index (κ1) is 9.90. The molecular formula is C12H13NO2. The Morgan fingerprint density at radius 3 is 2.87 bits per heavy atom. The quantitative estimate of drug-likeness (QED) is 0.803. The van der Waals surface area contributed by atoms with Gasteiger partial charge in [-0.05, 0) is 18.1 Å². The highest BCUT2D eigenvalue weighted by molar-refractivity contribution is 5.98. The van der Waals surface area contributed by atoms with Crippen LogP contribution >= 0.6 is 0 Å². The van der Waals surface area contributed by atoms with E-state index in [1.165, 1.54) is 0 Å². The van der Waals surface area contributed by atoms with Gasteiger partial charge in [0, 0.05) is 11.6 Å². The van der Waals surface area contributed by atoms with E-state index in [1.54, 1.807) is 12.1 Å². The number of rotatable bonds is 2. The van der Waals surface area contributed by atoms with Gasteiger partial charge in [-0.1, -0.05) is 26.0 Å². The molecule has 1 aromatic carbocycles. The minimum atomic E-state index is -0.913. The van der Waals surface area contributed by atoms with Crippen LogP contribution in [0.1, 0.15) is 36.2 Å². The van der Waals surface area contributed by atoms with Gasteiger partial charge in [-0.25, -0.2) is 4.79 Å². The summed E-state index contributed by atoms with van der Waals surface area (Å²) in [7, 11) is 0. The van der Waals surface area contributed by atoms with Gasteiger partial charge in [-0.15, -0.1) is 0 Å². The van der Waals surface area contributed by atoms with E-state index in [0.29, 0.717) is 11.3 Å². The van der Waals surface area contributed by atoms with E-state index in [0.717, 1.165) is 12.0 Å². The predicted molar refractivity (Wildman–Crippen MR) is 59.2 cm³/mol. The van der Waals surface area contributed by atoms with Crippen LogP contribution in [0.4, 0.5) is 5.69 Å². The van der Waals surface area contributed by atoms with E-state index >= 15 is 0 Å². The van der Waals surface area contributed by atoms with Crippen LogP contribution < -0.4 is 0 Å². The van der Waals surface area contributed by atoms with Crippen molar-refractivity contribution in [2.45, 2.75) is 25.7 Å². The molecule has 1 heterocycles. The second kappa shape index (κ2) is 3.19. The zero-order valence-electron chi connectivity index (χ0n) is 8.82. The molecule has 3 nitrogen and oxygen atoms in total. The maximum absolute atomic E-state index is 11.0. The maximum Gasteiger partial charge on any atom is 0.337 e. The Kier molecular flexibility index (Phi) is 2.11. The lowest BCUT2D eigenvalue weighted by Crippen LogP contribution is -2.19. The predicted octanol–water partition coefficient (Wildman–Crippen LogP) is 2.77. The average molecular weight is 203 g/mol. The van der Waals surface area contributed by atoms with Gasteiger partial charge in [-0.2, -0.15) is 0 Å². The minimum Gasteiger partial charge on any atom is -0.478 e. The van der Waals surface area contributed by atoms with E-state index in [4.69, 9.17) is 5.11 Å². The largest absolute Gasteiger partial charge is 0.478 e. The van der Waals surface area contributed by atoms with Crippen LogP contribution in [-0.4, -0.2) is 17.3 Å². The first-order chi connectivity index (χ1) is 7.08. The maximum atomic E-state index is 11.0. The molecule has 0 spiro atoms. The van der Waals surface area contributed by atoms with E-state index < -0.39 is 5.97 Å². The summed E-state index contributed by atoms with van der Waals surface area (Å²) in [6.45, 7) is 4.16. The zero-order valence-corrected chi connectivity index (χ0v) is 8.82. The van der Waals surface area contributed by atoms with Crippen molar-refractivity contribution in [3.63, 3.8) is 0 Å². The Morgan fingerprint density at radius 1 is 1.53 bits per heavy atom. The van der Waals surface area contributed by atoms with Gasteiger partial charge < -0.3 is 5.11 Å². The summed E-state index contributed by atoms with van der Waals surface area (Å²) in [5.74, 6) is -0.913. The number of aromatic carboxylic acids is 1. The molecule has 0 bridgehead atoms. The summed E-state index contributed by atoms with van der Waals surface area (Å²) in [6, 6.07) is 5.34. The molecule has 78 valence electrons. The van der Waals surface area contributed by atoms with Crippen LogP contribution in [-0.2, 0) is 5.41 Å². The normalized spacial score (nSPS) is 22.8. The molecule has 0 aromatic heterocycles. The highest BCUT2D eigenvalue weighted by Gasteiger charge is 2.31. The van der Waals surface area contributed by atoms with Crippen molar-refractivity contribution in [3.05, 3.63) is 29.3 Å². The Hall–Kier alpha value is -1.64. The number of fused-ring (bicyclic) bond motifs is 1. The standard InChI is InChI=1S/C12H13NO2/c1-3-12(2)7-13-10-8(11(14)15)5-4-6-9(10)12/h4-7H,3H2,1-2H3,(H,14,15)/t12-/m0/s1. The van der Waals surface area contributed by atoms with E-state index in [2.05, 4.69) is 18.8 Å². The Labute approximate surface area is 88.5 Å². The zero-order chi connectivity index (χ0) is 11.1. The van der Waals surface area contributed by atoms with Crippen molar-refractivity contribution >= 4 is 17.9 Å². The highest BCUT2D eigenvalue weighted by Crippen LogP contribution is 2.40. The number of hydrogen-bond acceptors (Lipinski definition) is 2. The van der Waals surface area contributed by atoms with Crippen molar-refractivity contribution in [2.75, 3.05) is 0 Å². The molecule has 0 unspecified atom stereocenters. The van der Waals surface area contributed by atoms with E-state index in [1.807, 2.05) is 12.3 Å². The van der Waals surface area contributed by atoms with Gasteiger partial charge in [-0.3, -0.25) is 4.99 Å². The van der Waals surface area contributed by atoms with Gasteiger partial charge in [0.25, 0.3) is 0 Å². The fourth-order valence-corrected chi connectivity index (χ4v) is 1.87. The van der Waals surface area contributed by atoms with E-state index in [9.17, 15) is 4.79 Å². The number of carboxylic acid groups (broad SMARTS) is 1. The molecular weight excluding hydrogens is 190 g/mol. The third-order valence-electron chi connectivity index (χ3n) is 3.09. The number of hydrogen-bond donors (Lipinski definition) is 1. The molecule has 15 heavy (non-hydrogen) atoms. The topological polar surface area (TPSA) is 49.7 Å². The molecule has 0 aliphatic carbocycles. The summed E-state index contributed by atoms with van der Waals surface area (Å²) >= 11 is 0. The fourth-order valence-electron chi connectivity index (χ4n) is 1.87. The number of carboxylic acids is 1. The molecule has 1 aliphatic rings. The fraction of sp³-hybridized carbons (Fsp3) is 0.333. The lowest BCUT2D eigenvalue weighted by Gasteiger charge is -2.20. The summed E-state index contributed by atoms with van der Waals surface area (Å²) in [4.78, 5) is 15.2. The Morgan fingerprint density at radius 2 is 2.27 bits per heavy atom. The molecule has 0 amide bonds. The first-order valence-corrected chi connectivity index (χ1v) is 5.00. The van der Waals surface area contributed by atoms with Crippen LogP contribution in [0, 0.1) is 0 Å². The first-order valence-electron chi connectivity index (χ1n) is 5.00. The van der Waals surface area contributed by atoms with Crippen LogP contribution in [0.15, 0.2) is 23.2 Å². The van der Waals surface area contributed by atoms with Crippen LogP contribution in [0.25, 0.3) is 0 Å². The van der Waals surface area contributed by atoms with Crippen LogP contribution in [0.2, 0.25) is 0 Å². The smallest absolute Gasteiger partial charge is 0.337 e. The van der Waals surface area contributed by atoms with Crippen molar-refractivity contribution in [1.82, 2.24) is 0 Å². The van der Waals surface area contributed by atoms with E-state index in [-0.39, 0.29) is 5.41 Å². The summed E-state index contributed by atoms with van der Waals surface area (Å²) in [5, 5.41) is 9.02. The second-order valence-corrected chi connectivity index (χ2v) is 4.04. The lowest BCUT2D eigenvalue weighted by atomic mass is 9.82. The molecule has 0 fully saturated rings. The van der Waals surface area contributed by atoms with Gasteiger partial charge in [0.2, 0.25) is 0 Å². The summed E-state index contributed by atoms with van der Waals surface area (Å²) < 4.78 is 0. The second-order valence-electron chi connectivity index (χ2n) is 4.04. The number of nitrogens with zero attached hydrogens (tertiary/aromatic N) is 1. The Balaban J connectivity index is 2.63. The summed E-state index contributed by atoms with van der Waals surface area (Å²) in [6.07, 6.45) is 2.77. The lowest BCUT2D eigenvalue weighted by molar-refractivity contribution is 0.0698. The number of benzene rings is 1. The molecule has 0 radical (unpaired) electrons. The van der Waals surface area contributed by atoms with Gasteiger partial charge in [0.15, 0.2) is 0 Å². The molecule has 3 heteroatoms. The van der Waals surface area contributed by atoms with Crippen LogP contribution in [0.3, 0.4) is 0 Å². The van der Waals surface area contributed by atoms with Gasteiger partial charge in [0.1, 0.15) is 0 Å². The SMILES string of the molecule is CC[C@@]1(C)C=Nc2c(C(=O)O)cccc21. The van der Waals surface area contributed by atoms with Crippen molar-refractivity contribution in [1.29, 1.82) is 0 Å². The number of aliphatic imine (C=N–C) groups is 1. The number of para-hydroxylation sites is 1. The van der Waals surface area contributed by atoms with Gasteiger partial charge in [0.05, 0.1) is 11.3 Å². The summed E-state index contributed by atoms with van der Waals surface area (Å²) in [5.41, 5.74) is 1.82. The molecule has 1 aliphatic heterocycles. The van der Waals surface area contributed by atoms with Gasteiger partial charge >= 0.3 is 5.97 Å².